The Morgan fingerprint density at radius 3 is 2.79 bits per heavy atom. The fourth-order valence-electron chi connectivity index (χ4n) is 3.21. The van der Waals surface area contributed by atoms with E-state index in [2.05, 4.69) is 18.7 Å². The molecule has 1 fully saturated rings. The van der Waals surface area contributed by atoms with Gasteiger partial charge in [0.15, 0.2) is 0 Å². The van der Waals surface area contributed by atoms with E-state index >= 15 is 0 Å². The summed E-state index contributed by atoms with van der Waals surface area (Å²) in [6.07, 6.45) is 2.22. The molecule has 0 bridgehead atoms. The molecule has 106 valence electrons. The zero-order valence-electron chi connectivity index (χ0n) is 12.0. The van der Waals surface area contributed by atoms with E-state index in [1.807, 2.05) is 18.2 Å². The molecule has 1 aromatic carbocycles. The number of phenols is 1. The number of aromatic hydroxyl groups is 1. The van der Waals surface area contributed by atoms with Crippen LogP contribution in [0.1, 0.15) is 38.3 Å². The van der Waals surface area contributed by atoms with E-state index < -0.39 is 0 Å². The maximum atomic E-state index is 10.1. The fourth-order valence-corrected chi connectivity index (χ4v) is 3.21. The summed E-state index contributed by atoms with van der Waals surface area (Å²) < 4.78 is 0. The number of para-hydroxylation sites is 1. The van der Waals surface area contributed by atoms with Gasteiger partial charge in [-0.3, -0.25) is 4.90 Å². The van der Waals surface area contributed by atoms with Gasteiger partial charge in [0.2, 0.25) is 0 Å². The standard InChI is InChI=1S/C16H26N2O/c1-3-15(14-6-4-5-7-16(14)19)18-9-8-12(2)13(10-17)11-18/h4-7,12-13,15,19H,3,8-11,17H2,1-2H3. The van der Waals surface area contributed by atoms with Crippen LogP contribution in [0.4, 0.5) is 0 Å². The molecule has 3 atom stereocenters. The zero-order chi connectivity index (χ0) is 13.8. The number of nitrogens with zero attached hydrogens (tertiary/aromatic N) is 1. The predicted octanol–water partition coefficient (Wildman–Crippen LogP) is 2.76. The van der Waals surface area contributed by atoms with Crippen LogP contribution in [0.15, 0.2) is 24.3 Å². The number of phenolic OH excluding ortho intramolecular Hbond substituents is 1. The van der Waals surface area contributed by atoms with Crippen LogP contribution in [0.3, 0.4) is 0 Å². The van der Waals surface area contributed by atoms with E-state index in [1.165, 1.54) is 6.42 Å². The molecule has 3 unspecified atom stereocenters. The van der Waals surface area contributed by atoms with E-state index in [4.69, 9.17) is 5.73 Å². The normalized spacial score (nSPS) is 26.3. The first-order valence-electron chi connectivity index (χ1n) is 7.39. The highest BCUT2D eigenvalue weighted by Crippen LogP contribution is 2.34. The Morgan fingerprint density at radius 1 is 1.42 bits per heavy atom. The smallest absolute Gasteiger partial charge is 0.120 e. The molecular formula is C16H26N2O. The minimum Gasteiger partial charge on any atom is -0.508 e. The number of hydrogen-bond donors (Lipinski definition) is 2. The quantitative estimate of drug-likeness (QED) is 0.877. The largest absolute Gasteiger partial charge is 0.508 e. The molecule has 0 aliphatic carbocycles. The van der Waals surface area contributed by atoms with Gasteiger partial charge in [0.05, 0.1) is 0 Å². The molecule has 0 spiro atoms. The van der Waals surface area contributed by atoms with Crippen molar-refractivity contribution in [3.05, 3.63) is 29.8 Å². The van der Waals surface area contributed by atoms with Crippen molar-refractivity contribution >= 4 is 0 Å². The SMILES string of the molecule is CCC(c1ccccc1O)N1CCC(C)C(CN)C1. The first-order chi connectivity index (χ1) is 9.17. The Balaban J connectivity index is 2.16. The molecular weight excluding hydrogens is 236 g/mol. The summed E-state index contributed by atoms with van der Waals surface area (Å²) in [4.78, 5) is 2.49. The molecule has 0 saturated carbocycles. The first kappa shape index (κ1) is 14.4. The number of nitrogens with two attached hydrogens (primary N) is 1. The van der Waals surface area contributed by atoms with Crippen molar-refractivity contribution in [2.24, 2.45) is 17.6 Å². The third-order valence-corrected chi connectivity index (χ3v) is 4.57. The highest BCUT2D eigenvalue weighted by atomic mass is 16.3. The van der Waals surface area contributed by atoms with Gasteiger partial charge in [-0.05, 0) is 43.8 Å². The van der Waals surface area contributed by atoms with Crippen molar-refractivity contribution in [3.8, 4) is 5.75 Å². The van der Waals surface area contributed by atoms with E-state index in [-0.39, 0.29) is 0 Å². The summed E-state index contributed by atoms with van der Waals surface area (Å²) in [7, 11) is 0. The van der Waals surface area contributed by atoms with Crippen molar-refractivity contribution in [2.75, 3.05) is 19.6 Å². The van der Waals surface area contributed by atoms with Crippen LogP contribution >= 0.6 is 0 Å². The second-order valence-corrected chi connectivity index (χ2v) is 5.74. The van der Waals surface area contributed by atoms with Gasteiger partial charge >= 0.3 is 0 Å². The van der Waals surface area contributed by atoms with E-state index in [0.29, 0.717) is 23.6 Å². The second-order valence-electron chi connectivity index (χ2n) is 5.74. The Bertz CT molecular complexity index is 407. The Labute approximate surface area is 116 Å². The average Bonchev–Trinajstić information content (AvgIpc) is 2.43. The first-order valence-corrected chi connectivity index (χ1v) is 7.39. The van der Waals surface area contributed by atoms with Gasteiger partial charge < -0.3 is 10.8 Å². The highest BCUT2D eigenvalue weighted by molar-refractivity contribution is 5.34. The summed E-state index contributed by atoms with van der Waals surface area (Å²) in [6.45, 7) is 7.40. The third-order valence-electron chi connectivity index (χ3n) is 4.57. The van der Waals surface area contributed by atoms with Gasteiger partial charge in [-0.25, -0.2) is 0 Å². The summed E-state index contributed by atoms with van der Waals surface area (Å²) in [5.41, 5.74) is 6.94. The van der Waals surface area contributed by atoms with Gasteiger partial charge in [0.25, 0.3) is 0 Å². The lowest BCUT2D eigenvalue weighted by molar-refractivity contribution is 0.0874. The molecule has 0 radical (unpaired) electrons. The van der Waals surface area contributed by atoms with Crippen molar-refractivity contribution < 1.29 is 5.11 Å². The molecule has 2 rings (SSSR count). The van der Waals surface area contributed by atoms with Crippen LogP contribution in [-0.4, -0.2) is 29.6 Å². The fraction of sp³-hybridized carbons (Fsp3) is 0.625. The van der Waals surface area contributed by atoms with Gasteiger partial charge in [0, 0.05) is 18.2 Å². The average molecular weight is 262 g/mol. The lowest BCUT2D eigenvalue weighted by Gasteiger charge is -2.41. The molecule has 1 aliphatic heterocycles. The van der Waals surface area contributed by atoms with Crippen LogP contribution < -0.4 is 5.73 Å². The molecule has 0 amide bonds. The van der Waals surface area contributed by atoms with Crippen molar-refractivity contribution in [1.29, 1.82) is 0 Å². The highest BCUT2D eigenvalue weighted by Gasteiger charge is 2.30. The van der Waals surface area contributed by atoms with Gasteiger partial charge in [-0.15, -0.1) is 0 Å². The summed E-state index contributed by atoms with van der Waals surface area (Å²) in [5, 5.41) is 10.1. The minimum absolute atomic E-state index is 0.308. The summed E-state index contributed by atoms with van der Waals surface area (Å²) in [5.74, 6) is 1.70. The lowest BCUT2D eigenvalue weighted by atomic mass is 9.85. The summed E-state index contributed by atoms with van der Waals surface area (Å²) in [6, 6.07) is 8.02. The van der Waals surface area contributed by atoms with Crippen LogP contribution in [0.2, 0.25) is 0 Å². The molecule has 3 N–H and O–H groups in total. The monoisotopic (exact) mass is 262 g/mol. The Kier molecular flexibility index (Phi) is 4.83. The van der Waals surface area contributed by atoms with Crippen LogP contribution in [0.5, 0.6) is 5.75 Å². The third kappa shape index (κ3) is 3.10. The summed E-state index contributed by atoms with van der Waals surface area (Å²) >= 11 is 0. The zero-order valence-corrected chi connectivity index (χ0v) is 12.0. The van der Waals surface area contributed by atoms with Crippen LogP contribution in [-0.2, 0) is 0 Å². The molecule has 3 heteroatoms. The maximum absolute atomic E-state index is 10.1. The number of likely N-dealkylation sites (tertiary alicyclic amines) is 1. The minimum atomic E-state index is 0.308. The van der Waals surface area contributed by atoms with Crippen LogP contribution in [0, 0.1) is 11.8 Å². The van der Waals surface area contributed by atoms with Crippen molar-refractivity contribution in [1.82, 2.24) is 4.90 Å². The maximum Gasteiger partial charge on any atom is 0.120 e. The molecule has 3 nitrogen and oxygen atoms in total. The number of piperidine rings is 1. The van der Waals surface area contributed by atoms with Gasteiger partial charge in [0.1, 0.15) is 5.75 Å². The van der Waals surface area contributed by atoms with E-state index in [9.17, 15) is 5.11 Å². The Morgan fingerprint density at radius 2 is 2.16 bits per heavy atom. The number of rotatable bonds is 4. The second kappa shape index (κ2) is 6.40. The van der Waals surface area contributed by atoms with Crippen molar-refractivity contribution in [3.63, 3.8) is 0 Å². The molecule has 1 aromatic rings. The van der Waals surface area contributed by atoms with Crippen LogP contribution in [0.25, 0.3) is 0 Å². The lowest BCUT2D eigenvalue weighted by Crippen LogP contribution is -2.44. The van der Waals surface area contributed by atoms with Gasteiger partial charge in [-0.1, -0.05) is 32.0 Å². The molecule has 1 heterocycles. The number of hydrogen-bond acceptors (Lipinski definition) is 3. The van der Waals surface area contributed by atoms with E-state index in [0.717, 1.165) is 31.6 Å². The molecule has 0 aromatic heterocycles. The van der Waals surface area contributed by atoms with E-state index in [1.54, 1.807) is 6.07 Å². The van der Waals surface area contributed by atoms with Gasteiger partial charge in [-0.2, -0.15) is 0 Å². The molecule has 19 heavy (non-hydrogen) atoms. The topological polar surface area (TPSA) is 49.5 Å². The number of benzene rings is 1. The Hall–Kier alpha value is -1.06. The predicted molar refractivity (Wildman–Crippen MR) is 79.0 cm³/mol. The van der Waals surface area contributed by atoms with Crippen molar-refractivity contribution in [2.45, 2.75) is 32.7 Å². The molecule has 1 aliphatic rings. The molecule has 1 saturated heterocycles.